The van der Waals surface area contributed by atoms with Crippen molar-refractivity contribution in [3.8, 4) is 0 Å². The minimum atomic E-state index is 0.562. The van der Waals surface area contributed by atoms with E-state index in [1.165, 1.54) is 13.1 Å². The molecule has 3 heteroatoms. The summed E-state index contributed by atoms with van der Waals surface area (Å²) in [7, 11) is 0. The van der Waals surface area contributed by atoms with Crippen LogP contribution in [0.4, 0.5) is 0 Å². The quantitative estimate of drug-likeness (QED) is 0.760. The van der Waals surface area contributed by atoms with Crippen LogP contribution in [0.25, 0.3) is 0 Å². The van der Waals surface area contributed by atoms with Crippen LogP contribution in [0, 0.1) is 0 Å². The molecule has 1 saturated heterocycles. The van der Waals surface area contributed by atoms with E-state index in [1.54, 1.807) is 0 Å². The molecule has 0 spiro atoms. The third-order valence-electron chi connectivity index (χ3n) is 3.30. The van der Waals surface area contributed by atoms with E-state index < -0.39 is 0 Å². The van der Waals surface area contributed by atoms with Crippen LogP contribution in [0.2, 0.25) is 0 Å². The van der Waals surface area contributed by atoms with E-state index in [9.17, 15) is 0 Å². The van der Waals surface area contributed by atoms with Crippen molar-refractivity contribution in [3.63, 3.8) is 0 Å². The fourth-order valence-electron chi connectivity index (χ4n) is 2.70. The summed E-state index contributed by atoms with van der Waals surface area (Å²) < 4.78 is 0. The molecule has 15 heavy (non-hydrogen) atoms. The maximum absolute atomic E-state index is 3.41. The summed E-state index contributed by atoms with van der Waals surface area (Å²) in [6, 6.07) is 1.24. The number of rotatable bonds is 4. The van der Waals surface area contributed by atoms with E-state index in [4.69, 9.17) is 0 Å². The van der Waals surface area contributed by atoms with E-state index in [-0.39, 0.29) is 0 Å². The molecule has 0 amide bonds. The maximum Gasteiger partial charge on any atom is 0.0598 e. The number of piperazine rings is 1. The minimum Gasteiger partial charge on any atom is -0.314 e. The number of hydrogen-bond donors (Lipinski definition) is 1. The standard InChI is InChI=1S/C12H27N3/c1-10(2)15(11(3)4)12(5)14-8-6-13-7-9-14/h10-13H,6-9H2,1-5H3. The lowest BCUT2D eigenvalue weighted by atomic mass is 10.2. The predicted octanol–water partition coefficient (Wildman–Crippen LogP) is 1.36. The predicted molar refractivity (Wildman–Crippen MR) is 66.0 cm³/mol. The Morgan fingerprint density at radius 2 is 1.40 bits per heavy atom. The Balaban J connectivity index is 2.57. The summed E-state index contributed by atoms with van der Waals surface area (Å²) >= 11 is 0. The van der Waals surface area contributed by atoms with Gasteiger partial charge < -0.3 is 5.32 Å². The van der Waals surface area contributed by atoms with Gasteiger partial charge in [0, 0.05) is 38.3 Å². The molecular weight excluding hydrogens is 186 g/mol. The second-order valence-corrected chi connectivity index (χ2v) is 5.05. The molecule has 1 atom stereocenters. The molecule has 0 bridgehead atoms. The molecule has 0 aromatic rings. The first-order valence-electron chi connectivity index (χ1n) is 6.26. The van der Waals surface area contributed by atoms with Crippen molar-refractivity contribution < 1.29 is 0 Å². The van der Waals surface area contributed by atoms with Gasteiger partial charge in [-0.3, -0.25) is 9.80 Å². The Bertz CT molecular complexity index is 166. The van der Waals surface area contributed by atoms with Gasteiger partial charge in [0.1, 0.15) is 0 Å². The summed E-state index contributed by atoms with van der Waals surface area (Å²) in [6.45, 7) is 16.1. The van der Waals surface area contributed by atoms with Crippen LogP contribution in [0.5, 0.6) is 0 Å². The first kappa shape index (κ1) is 12.9. The molecule has 3 nitrogen and oxygen atoms in total. The second-order valence-electron chi connectivity index (χ2n) is 5.05. The van der Waals surface area contributed by atoms with Crippen LogP contribution in [0.15, 0.2) is 0 Å². The van der Waals surface area contributed by atoms with E-state index in [0.717, 1.165) is 13.1 Å². The number of nitrogens with zero attached hydrogens (tertiary/aromatic N) is 2. The molecule has 1 fully saturated rings. The summed E-state index contributed by atoms with van der Waals surface area (Å²) in [5.41, 5.74) is 0. The van der Waals surface area contributed by atoms with Gasteiger partial charge in [0.2, 0.25) is 0 Å². The fourth-order valence-corrected chi connectivity index (χ4v) is 2.70. The summed E-state index contributed by atoms with van der Waals surface area (Å²) in [5.74, 6) is 0. The summed E-state index contributed by atoms with van der Waals surface area (Å²) in [4.78, 5) is 5.17. The van der Waals surface area contributed by atoms with E-state index in [0.29, 0.717) is 18.2 Å². The Kier molecular flexibility index (Phi) is 5.03. The molecule has 0 aromatic carbocycles. The molecule has 90 valence electrons. The van der Waals surface area contributed by atoms with Crippen LogP contribution >= 0.6 is 0 Å². The highest BCUT2D eigenvalue weighted by atomic mass is 15.4. The Morgan fingerprint density at radius 3 is 1.80 bits per heavy atom. The monoisotopic (exact) mass is 213 g/mol. The lowest BCUT2D eigenvalue weighted by Crippen LogP contribution is -2.57. The van der Waals surface area contributed by atoms with Gasteiger partial charge in [0.05, 0.1) is 6.17 Å². The zero-order chi connectivity index (χ0) is 11.4. The molecule has 1 rings (SSSR count). The van der Waals surface area contributed by atoms with Crippen molar-refractivity contribution in [2.45, 2.75) is 52.9 Å². The third kappa shape index (κ3) is 3.44. The first-order chi connectivity index (χ1) is 7.04. The van der Waals surface area contributed by atoms with Crippen molar-refractivity contribution >= 4 is 0 Å². The third-order valence-corrected chi connectivity index (χ3v) is 3.30. The Hall–Kier alpha value is -0.120. The number of hydrogen-bond acceptors (Lipinski definition) is 3. The minimum absolute atomic E-state index is 0.562. The maximum atomic E-state index is 3.41. The fraction of sp³-hybridized carbons (Fsp3) is 1.00. The highest BCUT2D eigenvalue weighted by molar-refractivity contribution is 4.78. The average Bonchev–Trinajstić information content (AvgIpc) is 2.18. The van der Waals surface area contributed by atoms with Crippen LogP contribution in [-0.4, -0.2) is 54.2 Å². The van der Waals surface area contributed by atoms with E-state index in [1.807, 2.05) is 0 Å². The Morgan fingerprint density at radius 1 is 0.933 bits per heavy atom. The molecule has 1 unspecified atom stereocenters. The molecule has 1 aliphatic rings. The van der Waals surface area contributed by atoms with Gasteiger partial charge in [0.25, 0.3) is 0 Å². The summed E-state index contributed by atoms with van der Waals surface area (Å²) in [6.07, 6.45) is 0.562. The molecule has 1 heterocycles. The highest BCUT2D eigenvalue weighted by Gasteiger charge is 2.25. The number of nitrogens with one attached hydrogen (secondary N) is 1. The zero-order valence-electron chi connectivity index (χ0n) is 11.0. The van der Waals surface area contributed by atoms with Gasteiger partial charge in [-0.2, -0.15) is 0 Å². The van der Waals surface area contributed by atoms with Crippen LogP contribution < -0.4 is 5.32 Å². The van der Waals surface area contributed by atoms with E-state index >= 15 is 0 Å². The van der Waals surface area contributed by atoms with Crippen molar-refractivity contribution in [3.05, 3.63) is 0 Å². The van der Waals surface area contributed by atoms with Crippen LogP contribution in [0.3, 0.4) is 0 Å². The van der Waals surface area contributed by atoms with Gasteiger partial charge in [-0.1, -0.05) is 0 Å². The first-order valence-corrected chi connectivity index (χ1v) is 6.26. The van der Waals surface area contributed by atoms with Gasteiger partial charge in [-0.15, -0.1) is 0 Å². The van der Waals surface area contributed by atoms with Crippen molar-refractivity contribution in [1.82, 2.24) is 15.1 Å². The van der Waals surface area contributed by atoms with Crippen LogP contribution in [0.1, 0.15) is 34.6 Å². The SMILES string of the molecule is CC(C)N(C(C)C)C(C)N1CCNCC1. The second kappa shape index (κ2) is 5.83. The van der Waals surface area contributed by atoms with Crippen LogP contribution in [-0.2, 0) is 0 Å². The largest absolute Gasteiger partial charge is 0.314 e. The molecule has 0 aromatic heterocycles. The summed E-state index contributed by atoms with van der Waals surface area (Å²) in [5, 5.41) is 3.41. The normalized spacial score (nSPS) is 21.6. The van der Waals surface area contributed by atoms with Crippen molar-refractivity contribution in [2.75, 3.05) is 26.2 Å². The molecule has 1 N–H and O–H groups in total. The smallest absolute Gasteiger partial charge is 0.0598 e. The molecule has 0 aliphatic carbocycles. The van der Waals surface area contributed by atoms with Crippen molar-refractivity contribution in [1.29, 1.82) is 0 Å². The zero-order valence-corrected chi connectivity index (χ0v) is 11.0. The molecule has 1 aliphatic heterocycles. The van der Waals surface area contributed by atoms with E-state index in [2.05, 4.69) is 49.7 Å². The average molecular weight is 213 g/mol. The lowest BCUT2D eigenvalue weighted by molar-refractivity contribution is 0.00412. The van der Waals surface area contributed by atoms with Gasteiger partial charge >= 0.3 is 0 Å². The van der Waals surface area contributed by atoms with Gasteiger partial charge in [-0.25, -0.2) is 0 Å². The van der Waals surface area contributed by atoms with Gasteiger partial charge in [-0.05, 0) is 34.6 Å². The lowest BCUT2D eigenvalue weighted by Gasteiger charge is -2.43. The molecule has 0 radical (unpaired) electrons. The van der Waals surface area contributed by atoms with Crippen molar-refractivity contribution in [2.24, 2.45) is 0 Å². The highest BCUT2D eigenvalue weighted by Crippen LogP contribution is 2.14. The Labute approximate surface area is 94.8 Å². The molecular formula is C12H27N3. The topological polar surface area (TPSA) is 18.5 Å². The van der Waals surface area contributed by atoms with Gasteiger partial charge in [0.15, 0.2) is 0 Å². The molecule has 0 saturated carbocycles.